The highest BCUT2D eigenvalue weighted by Crippen LogP contribution is 2.28. The number of hydrogen-bond donors (Lipinski definition) is 2. The highest BCUT2D eigenvalue weighted by Gasteiger charge is 2.34. The zero-order valence-electron chi connectivity index (χ0n) is 8.84. The third-order valence-electron chi connectivity index (χ3n) is 2.52. The van der Waals surface area contributed by atoms with E-state index in [1.165, 1.54) is 0 Å². The van der Waals surface area contributed by atoms with Gasteiger partial charge in [0, 0.05) is 0 Å². The molecule has 2 rings (SSSR count). The first-order chi connectivity index (χ1) is 7.74. The number of rotatable bonds is 3. The summed E-state index contributed by atoms with van der Waals surface area (Å²) in [5.74, 6) is 0.692. The lowest BCUT2D eigenvalue weighted by Gasteiger charge is -2.15. The van der Waals surface area contributed by atoms with Crippen molar-refractivity contribution in [3.63, 3.8) is 0 Å². The Morgan fingerprint density at radius 2 is 2.38 bits per heavy atom. The lowest BCUT2D eigenvalue weighted by Crippen LogP contribution is -2.31. The maximum Gasteiger partial charge on any atom is 0.408 e. The van der Waals surface area contributed by atoms with E-state index in [2.05, 4.69) is 5.32 Å². The Hall–Kier alpha value is -1.75. The molecule has 1 aliphatic heterocycles. The van der Waals surface area contributed by atoms with Crippen molar-refractivity contribution in [1.29, 1.82) is 0 Å². The quantitative estimate of drug-likeness (QED) is 0.796. The van der Waals surface area contributed by atoms with Crippen LogP contribution >= 0.6 is 0 Å². The summed E-state index contributed by atoms with van der Waals surface area (Å²) in [5.41, 5.74) is 0.803. The lowest BCUT2D eigenvalue weighted by molar-refractivity contribution is 0.119. The summed E-state index contributed by atoms with van der Waals surface area (Å²) in [6.45, 7) is -0.159. The van der Waals surface area contributed by atoms with Crippen molar-refractivity contribution in [3.05, 3.63) is 29.8 Å². The van der Waals surface area contributed by atoms with E-state index in [1.54, 1.807) is 13.2 Å². The highest BCUT2D eigenvalue weighted by molar-refractivity contribution is 5.70. The normalized spacial score (nSPS) is 23.8. The van der Waals surface area contributed by atoms with Crippen LogP contribution in [0, 0.1) is 0 Å². The van der Waals surface area contributed by atoms with Crippen LogP contribution in [0.4, 0.5) is 4.79 Å². The van der Waals surface area contributed by atoms with Gasteiger partial charge in [-0.3, -0.25) is 0 Å². The molecule has 0 saturated carbocycles. The number of carbonyl (C=O) groups excluding carboxylic acids is 1. The van der Waals surface area contributed by atoms with Gasteiger partial charge in [0.2, 0.25) is 0 Å². The van der Waals surface area contributed by atoms with Crippen molar-refractivity contribution in [1.82, 2.24) is 5.32 Å². The zero-order valence-corrected chi connectivity index (χ0v) is 8.84. The molecular weight excluding hydrogens is 210 g/mol. The van der Waals surface area contributed by atoms with Gasteiger partial charge >= 0.3 is 6.09 Å². The van der Waals surface area contributed by atoms with Crippen LogP contribution in [0.15, 0.2) is 24.3 Å². The molecule has 1 fully saturated rings. The van der Waals surface area contributed by atoms with Crippen LogP contribution in [0.1, 0.15) is 11.7 Å². The second-order valence-corrected chi connectivity index (χ2v) is 3.54. The van der Waals surface area contributed by atoms with Gasteiger partial charge in [0.05, 0.1) is 19.8 Å². The van der Waals surface area contributed by atoms with Crippen molar-refractivity contribution in [3.8, 4) is 5.75 Å². The fraction of sp³-hybridized carbons (Fsp3) is 0.364. The topological polar surface area (TPSA) is 67.8 Å². The molecular formula is C11H13NO4. The molecule has 16 heavy (non-hydrogen) atoms. The Morgan fingerprint density at radius 1 is 1.56 bits per heavy atom. The second kappa shape index (κ2) is 4.40. The average molecular weight is 223 g/mol. The average Bonchev–Trinajstić information content (AvgIpc) is 2.70. The maximum absolute atomic E-state index is 11.1. The van der Waals surface area contributed by atoms with Crippen molar-refractivity contribution < 1.29 is 19.4 Å². The van der Waals surface area contributed by atoms with Crippen molar-refractivity contribution in [2.24, 2.45) is 0 Å². The number of aliphatic hydroxyl groups is 1. The molecule has 1 aliphatic rings. The van der Waals surface area contributed by atoms with E-state index in [-0.39, 0.29) is 6.61 Å². The van der Waals surface area contributed by atoms with Crippen LogP contribution in [-0.4, -0.2) is 31.0 Å². The van der Waals surface area contributed by atoms with Gasteiger partial charge in [0.15, 0.2) is 6.10 Å². The number of alkyl carbamates (subject to hydrolysis) is 1. The number of hydrogen-bond acceptors (Lipinski definition) is 4. The van der Waals surface area contributed by atoms with Crippen molar-refractivity contribution in [2.45, 2.75) is 12.1 Å². The minimum atomic E-state index is -0.508. The first-order valence-corrected chi connectivity index (χ1v) is 4.96. The van der Waals surface area contributed by atoms with Crippen LogP contribution in [-0.2, 0) is 4.74 Å². The van der Waals surface area contributed by atoms with Gasteiger partial charge in [-0.1, -0.05) is 12.1 Å². The highest BCUT2D eigenvalue weighted by atomic mass is 16.6. The van der Waals surface area contributed by atoms with Gasteiger partial charge in [-0.15, -0.1) is 0 Å². The summed E-state index contributed by atoms with van der Waals surface area (Å²) in [4.78, 5) is 11.1. The smallest absolute Gasteiger partial charge is 0.408 e. The summed E-state index contributed by atoms with van der Waals surface area (Å²) in [7, 11) is 1.57. The van der Waals surface area contributed by atoms with E-state index in [1.807, 2.05) is 18.2 Å². The van der Waals surface area contributed by atoms with E-state index < -0.39 is 18.2 Å². The third kappa shape index (κ3) is 1.94. The van der Waals surface area contributed by atoms with Gasteiger partial charge < -0.3 is 19.9 Å². The molecule has 0 radical (unpaired) electrons. The maximum atomic E-state index is 11.1. The molecule has 0 aromatic heterocycles. The predicted octanol–water partition coefficient (Wildman–Crippen LogP) is 0.837. The molecule has 1 amide bonds. The predicted molar refractivity (Wildman–Crippen MR) is 56.2 cm³/mol. The third-order valence-corrected chi connectivity index (χ3v) is 2.52. The van der Waals surface area contributed by atoms with Crippen molar-refractivity contribution >= 4 is 6.09 Å². The van der Waals surface area contributed by atoms with E-state index in [9.17, 15) is 4.79 Å². The van der Waals surface area contributed by atoms with Crippen LogP contribution in [0.2, 0.25) is 0 Å². The van der Waals surface area contributed by atoms with Gasteiger partial charge in [0.1, 0.15) is 5.75 Å². The monoisotopic (exact) mass is 223 g/mol. The summed E-state index contributed by atoms with van der Waals surface area (Å²) in [6.07, 6.45) is -0.973. The van der Waals surface area contributed by atoms with Gasteiger partial charge in [0.25, 0.3) is 0 Å². The number of methoxy groups -OCH3 is 1. The lowest BCUT2D eigenvalue weighted by atomic mass is 10.0. The molecule has 2 N–H and O–H groups in total. The van der Waals surface area contributed by atoms with E-state index in [0.717, 1.165) is 5.56 Å². The molecule has 1 saturated heterocycles. The van der Waals surface area contributed by atoms with Gasteiger partial charge in [-0.2, -0.15) is 0 Å². The molecule has 5 nitrogen and oxygen atoms in total. The van der Waals surface area contributed by atoms with Crippen LogP contribution in [0.5, 0.6) is 5.75 Å². The second-order valence-electron chi connectivity index (χ2n) is 3.54. The number of aliphatic hydroxyl groups excluding tert-OH is 1. The van der Waals surface area contributed by atoms with E-state index >= 15 is 0 Å². The molecule has 1 aromatic carbocycles. The fourth-order valence-corrected chi connectivity index (χ4v) is 1.72. The van der Waals surface area contributed by atoms with Crippen molar-refractivity contribution in [2.75, 3.05) is 13.7 Å². The summed E-state index contributed by atoms with van der Waals surface area (Å²) < 4.78 is 10.2. The molecule has 1 heterocycles. The minimum Gasteiger partial charge on any atom is -0.497 e. The number of nitrogens with one attached hydrogen (secondary N) is 1. The summed E-state index contributed by atoms with van der Waals surface area (Å²) in [6, 6.07) is 6.83. The molecule has 0 spiro atoms. The molecule has 86 valence electrons. The summed E-state index contributed by atoms with van der Waals surface area (Å²) >= 11 is 0. The number of cyclic esters (lactones) is 1. The Labute approximate surface area is 93.0 Å². The fourth-order valence-electron chi connectivity index (χ4n) is 1.72. The molecule has 2 atom stereocenters. The molecule has 1 aromatic rings. The minimum absolute atomic E-state index is 0.159. The van der Waals surface area contributed by atoms with Crippen LogP contribution in [0.25, 0.3) is 0 Å². The standard InChI is InChI=1S/C11H13NO4/c1-15-8-4-2-3-7(5-8)10-9(6-13)12-11(14)16-10/h2-5,9-10,13H,6H2,1H3,(H,12,14). The first-order valence-electron chi connectivity index (χ1n) is 4.96. The first kappa shape index (κ1) is 10.8. The summed E-state index contributed by atoms with van der Waals surface area (Å²) in [5, 5.41) is 11.7. The number of carbonyl (C=O) groups is 1. The van der Waals surface area contributed by atoms with Crippen LogP contribution in [0.3, 0.4) is 0 Å². The number of ether oxygens (including phenoxy) is 2. The largest absolute Gasteiger partial charge is 0.497 e. The Balaban J connectivity index is 2.25. The zero-order chi connectivity index (χ0) is 11.5. The number of benzene rings is 1. The Morgan fingerprint density at radius 3 is 3.06 bits per heavy atom. The molecule has 0 aliphatic carbocycles. The van der Waals surface area contributed by atoms with E-state index in [0.29, 0.717) is 5.75 Å². The van der Waals surface area contributed by atoms with Gasteiger partial charge in [-0.25, -0.2) is 4.79 Å². The Bertz CT molecular complexity index is 393. The molecule has 0 bridgehead atoms. The van der Waals surface area contributed by atoms with E-state index in [4.69, 9.17) is 14.6 Å². The molecule has 2 unspecified atom stereocenters. The SMILES string of the molecule is COc1cccc(C2OC(=O)NC2CO)c1. The Kier molecular flexibility index (Phi) is 2.96. The molecule has 5 heteroatoms. The number of amides is 1. The van der Waals surface area contributed by atoms with Gasteiger partial charge in [-0.05, 0) is 17.7 Å². The van der Waals surface area contributed by atoms with Crippen LogP contribution < -0.4 is 10.1 Å².